The van der Waals surface area contributed by atoms with Crippen molar-refractivity contribution in [1.29, 1.82) is 0 Å². The average molecular weight is 289 g/mol. The van der Waals surface area contributed by atoms with Crippen molar-refractivity contribution in [2.24, 2.45) is 0 Å². The minimum Gasteiger partial charge on any atom is -0.398 e. The monoisotopic (exact) mass is 288 g/mol. The van der Waals surface area contributed by atoms with Gasteiger partial charge in [0.2, 0.25) is 0 Å². The minimum atomic E-state index is 0.731. The van der Waals surface area contributed by atoms with E-state index in [0.717, 1.165) is 37.7 Å². The van der Waals surface area contributed by atoms with Gasteiger partial charge in [0.05, 0.1) is 0 Å². The molecule has 2 N–H and O–H groups in total. The summed E-state index contributed by atoms with van der Waals surface area (Å²) in [4.78, 5) is 6.77. The van der Waals surface area contributed by atoms with Crippen LogP contribution in [0.15, 0.2) is 30.3 Å². The Morgan fingerprint density at radius 1 is 1.21 bits per heavy atom. The maximum atomic E-state index is 6.18. The van der Waals surface area contributed by atoms with Crippen molar-refractivity contribution in [3.63, 3.8) is 0 Å². The molecule has 0 aliphatic heterocycles. The maximum Gasteiger partial charge on any atom is 0.126 e. The topological polar surface area (TPSA) is 38.9 Å². The van der Waals surface area contributed by atoms with Crippen molar-refractivity contribution in [3.8, 4) is 11.1 Å². The summed E-state index contributed by atoms with van der Waals surface area (Å²) in [5, 5.41) is 1.77. The van der Waals surface area contributed by atoms with Gasteiger partial charge in [-0.2, -0.15) is 0 Å². The van der Waals surface area contributed by atoms with Gasteiger partial charge < -0.3 is 5.73 Å². The van der Waals surface area contributed by atoms with Crippen LogP contribution in [0.2, 0.25) is 5.02 Å². The standard InChI is InChI=1S/C15H13ClN2S/c1-8-6-12(17)14-13(9(2)19-15(14)18-8)10-4-3-5-11(16)7-10/h3-7H,1-2H3,(H2,17,18). The summed E-state index contributed by atoms with van der Waals surface area (Å²) in [5.74, 6) is 0. The van der Waals surface area contributed by atoms with E-state index in [1.165, 1.54) is 4.88 Å². The first-order chi connectivity index (χ1) is 9.06. The Morgan fingerprint density at radius 2 is 2.00 bits per heavy atom. The number of fused-ring (bicyclic) bond motifs is 1. The largest absolute Gasteiger partial charge is 0.398 e. The number of rotatable bonds is 1. The number of hydrogen-bond acceptors (Lipinski definition) is 3. The Labute approximate surface area is 120 Å². The molecule has 0 saturated carbocycles. The van der Waals surface area contributed by atoms with Crippen LogP contribution in [0.5, 0.6) is 0 Å². The molecule has 0 spiro atoms. The van der Waals surface area contributed by atoms with E-state index >= 15 is 0 Å². The highest BCUT2D eigenvalue weighted by atomic mass is 35.5. The third-order valence-corrected chi connectivity index (χ3v) is 4.34. The zero-order chi connectivity index (χ0) is 13.6. The predicted octanol–water partition coefficient (Wildman–Crippen LogP) is 4.82. The van der Waals surface area contributed by atoms with E-state index in [2.05, 4.69) is 18.0 Å². The molecular weight excluding hydrogens is 276 g/mol. The van der Waals surface area contributed by atoms with Crippen molar-refractivity contribution in [1.82, 2.24) is 4.98 Å². The second kappa shape index (κ2) is 4.51. The fraction of sp³-hybridized carbons (Fsp3) is 0.133. The number of thiophene rings is 1. The molecule has 3 rings (SSSR count). The molecule has 0 aliphatic rings. The summed E-state index contributed by atoms with van der Waals surface area (Å²) in [6.07, 6.45) is 0. The van der Waals surface area contributed by atoms with Crippen molar-refractivity contribution >= 4 is 38.8 Å². The van der Waals surface area contributed by atoms with E-state index in [-0.39, 0.29) is 0 Å². The molecule has 3 aromatic rings. The quantitative estimate of drug-likeness (QED) is 0.697. The number of halogens is 1. The number of nitrogens with zero attached hydrogens (tertiary/aromatic N) is 1. The Balaban J connectivity index is 2.38. The van der Waals surface area contributed by atoms with Crippen LogP contribution < -0.4 is 5.73 Å². The number of benzene rings is 1. The molecule has 0 aliphatic carbocycles. The van der Waals surface area contributed by atoms with Gasteiger partial charge >= 0.3 is 0 Å². The van der Waals surface area contributed by atoms with Crippen molar-refractivity contribution in [2.45, 2.75) is 13.8 Å². The van der Waals surface area contributed by atoms with Gasteiger partial charge in [-0.05, 0) is 37.6 Å². The number of nitrogens with two attached hydrogens (primary N) is 1. The van der Waals surface area contributed by atoms with E-state index in [1.807, 2.05) is 31.2 Å². The molecular formula is C15H13ClN2S. The lowest BCUT2D eigenvalue weighted by Gasteiger charge is -2.05. The van der Waals surface area contributed by atoms with E-state index < -0.39 is 0 Å². The van der Waals surface area contributed by atoms with Crippen LogP contribution in [0.1, 0.15) is 10.6 Å². The molecule has 1 aromatic carbocycles. The summed E-state index contributed by atoms with van der Waals surface area (Å²) in [7, 11) is 0. The van der Waals surface area contributed by atoms with Crippen molar-refractivity contribution in [2.75, 3.05) is 5.73 Å². The maximum absolute atomic E-state index is 6.18. The van der Waals surface area contributed by atoms with Crippen LogP contribution in [-0.2, 0) is 0 Å². The molecule has 0 unspecified atom stereocenters. The highest BCUT2D eigenvalue weighted by Crippen LogP contribution is 2.41. The van der Waals surface area contributed by atoms with Gasteiger partial charge in [-0.1, -0.05) is 23.7 Å². The third kappa shape index (κ3) is 2.09. The predicted molar refractivity (Wildman–Crippen MR) is 84.0 cm³/mol. The fourth-order valence-electron chi connectivity index (χ4n) is 2.36. The second-order valence-corrected chi connectivity index (χ2v) is 6.22. The number of aromatic nitrogens is 1. The summed E-state index contributed by atoms with van der Waals surface area (Å²) < 4.78 is 0. The van der Waals surface area contributed by atoms with Crippen LogP contribution >= 0.6 is 22.9 Å². The first kappa shape index (κ1) is 12.5. The minimum absolute atomic E-state index is 0.731. The van der Waals surface area contributed by atoms with Gasteiger partial charge in [-0.15, -0.1) is 11.3 Å². The molecule has 0 bridgehead atoms. The Hall–Kier alpha value is -1.58. The van der Waals surface area contributed by atoms with Crippen LogP contribution in [-0.4, -0.2) is 4.98 Å². The lowest BCUT2D eigenvalue weighted by atomic mass is 10.0. The molecule has 0 fully saturated rings. The molecule has 0 saturated heterocycles. The van der Waals surface area contributed by atoms with Crippen molar-refractivity contribution < 1.29 is 0 Å². The molecule has 0 atom stereocenters. The van der Waals surface area contributed by atoms with Crippen LogP contribution in [0, 0.1) is 13.8 Å². The van der Waals surface area contributed by atoms with Gasteiger partial charge in [-0.3, -0.25) is 0 Å². The van der Waals surface area contributed by atoms with Crippen molar-refractivity contribution in [3.05, 3.63) is 45.9 Å². The summed E-state index contributed by atoms with van der Waals surface area (Å²) in [5.41, 5.74) is 10.1. The first-order valence-corrected chi connectivity index (χ1v) is 7.18. The number of hydrogen-bond donors (Lipinski definition) is 1. The zero-order valence-corrected chi connectivity index (χ0v) is 12.3. The number of anilines is 1. The second-order valence-electron chi connectivity index (χ2n) is 4.58. The van der Waals surface area contributed by atoms with Crippen LogP contribution in [0.3, 0.4) is 0 Å². The molecule has 96 valence electrons. The average Bonchev–Trinajstić information content (AvgIpc) is 2.65. The first-order valence-electron chi connectivity index (χ1n) is 5.98. The number of pyridine rings is 1. The Kier molecular flexibility index (Phi) is 2.96. The zero-order valence-electron chi connectivity index (χ0n) is 10.7. The summed E-state index contributed by atoms with van der Waals surface area (Å²) >= 11 is 7.76. The normalized spacial score (nSPS) is 11.1. The molecule has 0 amide bonds. The number of aryl methyl sites for hydroxylation is 2. The Morgan fingerprint density at radius 3 is 2.74 bits per heavy atom. The van der Waals surface area contributed by atoms with E-state index in [1.54, 1.807) is 11.3 Å². The SMILES string of the molecule is Cc1cc(N)c2c(-c3cccc(Cl)c3)c(C)sc2n1. The van der Waals surface area contributed by atoms with Gasteiger partial charge in [-0.25, -0.2) is 4.98 Å². The molecule has 2 nitrogen and oxygen atoms in total. The molecule has 2 heterocycles. The van der Waals surface area contributed by atoms with E-state index in [9.17, 15) is 0 Å². The van der Waals surface area contributed by atoms with Crippen LogP contribution in [0.4, 0.5) is 5.69 Å². The van der Waals surface area contributed by atoms with Gasteiger partial charge in [0, 0.05) is 32.2 Å². The van der Waals surface area contributed by atoms with Gasteiger partial charge in [0.1, 0.15) is 4.83 Å². The smallest absolute Gasteiger partial charge is 0.126 e. The molecule has 0 radical (unpaired) electrons. The molecule has 19 heavy (non-hydrogen) atoms. The van der Waals surface area contributed by atoms with Crippen LogP contribution in [0.25, 0.3) is 21.3 Å². The lowest BCUT2D eigenvalue weighted by molar-refractivity contribution is 1.27. The van der Waals surface area contributed by atoms with E-state index in [0.29, 0.717) is 0 Å². The van der Waals surface area contributed by atoms with E-state index in [4.69, 9.17) is 17.3 Å². The fourth-order valence-corrected chi connectivity index (χ4v) is 3.67. The van der Waals surface area contributed by atoms with Gasteiger partial charge in [0.15, 0.2) is 0 Å². The highest BCUT2D eigenvalue weighted by Gasteiger charge is 2.15. The van der Waals surface area contributed by atoms with Gasteiger partial charge in [0.25, 0.3) is 0 Å². The number of nitrogen functional groups attached to an aromatic ring is 1. The molecule has 4 heteroatoms. The highest BCUT2D eigenvalue weighted by molar-refractivity contribution is 7.19. The summed E-state index contributed by atoms with van der Waals surface area (Å²) in [6.45, 7) is 4.06. The summed E-state index contributed by atoms with van der Waals surface area (Å²) in [6, 6.07) is 9.77. The molecule has 2 aromatic heterocycles. The Bertz CT molecular complexity index is 777. The lowest BCUT2D eigenvalue weighted by Crippen LogP contribution is -1.91. The third-order valence-electron chi connectivity index (χ3n) is 3.11.